The number of hydrogen-bond donors (Lipinski definition) is 1. The molecule has 8 nitrogen and oxygen atoms in total. The zero-order valence-corrected chi connectivity index (χ0v) is 17.1. The Morgan fingerprint density at radius 3 is 2.81 bits per heavy atom. The highest BCUT2D eigenvalue weighted by Crippen LogP contribution is 2.18. The lowest BCUT2D eigenvalue weighted by Gasteiger charge is -2.38. The van der Waals surface area contributed by atoms with E-state index in [1.54, 1.807) is 22.8 Å². The van der Waals surface area contributed by atoms with Crippen molar-refractivity contribution in [3.63, 3.8) is 0 Å². The lowest BCUT2D eigenvalue weighted by molar-refractivity contribution is -0.120. The Hall–Kier alpha value is -2.09. The van der Waals surface area contributed by atoms with Crippen molar-refractivity contribution in [2.75, 3.05) is 51.2 Å². The predicted octanol–water partition coefficient (Wildman–Crippen LogP) is 0.765. The van der Waals surface area contributed by atoms with E-state index in [1.165, 1.54) is 19.4 Å². The fraction of sp³-hybridized carbons (Fsp3) is 0.737. The monoisotopic (exact) mass is 375 g/mol. The van der Waals surface area contributed by atoms with E-state index in [-0.39, 0.29) is 5.91 Å². The number of carbonyl (C=O) groups is 1. The summed E-state index contributed by atoms with van der Waals surface area (Å²) in [5.41, 5.74) is 0.862. The number of carbonyl (C=O) groups excluding carboxylic acids is 1. The highest BCUT2D eigenvalue weighted by molar-refractivity contribution is 5.98. The minimum Gasteiger partial charge on any atom is -0.356 e. The van der Waals surface area contributed by atoms with Gasteiger partial charge >= 0.3 is 0 Å². The second kappa shape index (κ2) is 8.73. The first-order valence-corrected chi connectivity index (χ1v) is 9.96. The molecule has 0 radical (unpaired) electrons. The van der Waals surface area contributed by atoms with Crippen LogP contribution in [0.1, 0.15) is 26.7 Å². The van der Waals surface area contributed by atoms with Gasteiger partial charge in [-0.25, -0.2) is 0 Å². The second-order valence-electron chi connectivity index (χ2n) is 7.86. The average Bonchev–Trinajstić information content (AvgIpc) is 3.08. The fourth-order valence-corrected chi connectivity index (χ4v) is 3.98. The summed E-state index contributed by atoms with van der Waals surface area (Å²) < 4.78 is 1.72. The van der Waals surface area contributed by atoms with Crippen LogP contribution in [-0.2, 0) is 11.8 Å². The van der Waals surface area contributed by atoms with Gasteiger partial charge in [0.2, 0.25) is 5.91 Å². The van der Waals surface area contributed by atoms with E-state index in [1.807, 2.05) is 13.2 Å². The maximum absolute atomic E-state index is 12.6. The van der Waals surface area contributed by atoms with Crippen LogP contribution in [0.5, 0.6) is 0 Å². The van der Waals surface area contributed by atoms with Crippen LogP contribution in [-0.4, -0.2) is 83.8 Å². The Labute approximate surface area is 162 Å². The molecule has 27 heavy (non-hydrogen) atoms. The molecule has 1 atom stereocenters. The summed E-state index contributed by atoms with van der Waals surface area (Å²) in [7, 11) is 3.66. The third kappa shape index (κ3) is 4.80. The highest BCUT2D eigenvalue weighted by atomic mass is 16.2. The first kappa shape index (κ1) is 19.7. The number of nitrogens with one attached hydrogen (secondary N) is 1. The first-order valence-electron chi connectivity index (χ1n) is 9.96. The van der Waals surface area contributed by atoms with Crippen molar-refractivity contribution >= 4 is 17.6 Å². The molecule has 0 saturated carbocycles. The number of hydrogen-bond acceptors (Lipinski definition) is 4. The zero-order valence-electron chi connectivity index (χ0n) is 17.1. The van der Waals surface area contributed by atoms with Crippen LogP contribution in [0.4, 0.5) is 5.69 Å². The SMILES string of the molecule is CN=C(NCC1CCCN(C(C)C)C1)N1CCN(c2cnn(C)c2)C(=O)C1. The van der Waals surface area contributed by atoms with Crippen LogP contribution in [0.3, 0.4) is 0 Å². The van der Waals surface area contributed by atoms with Crippen LogP contribution < -0.4 is 10.2 Å². The minimum atomic E-state index is 0.0841. The number of guanidine groups is 1. The summed E-state index contributed by atoms with van der Waals surface area (Å²) in [6.07, 6.45) is 6.13. The highest BCUT2D eigenvalue weighted by Gasteiger charge is 2.28. The summed E-state index contributed by atoms with van der Waals surface area (Å²) in [5, 5.41) is 7.67. The molecule has 0 bridgehead atoms. The number of piperidine rings is 1. The minimum absolute atomic E-state index is 0.0841. The molecule has 2 aliphatic heterocycles. The van der Waals surface area contributed by atoms with Gasteiger partial charge in [-0.15, -0.1) is 0 Å². The van der Waals surface area contributed by atoms with E-state index in [2.05, 4.69) is 39.1 Å². The van der Waals surface area contributed by atoms with Gasteiger partial charge in [0.1, 0.15) is 6.54 Å². The number of nitrogens with zero attached hydrogens (tertiary/aromatic N) is 6. The van der Waals surface area contributed by atoms with E-state index in [0.717, 1.165) is 31.3 Å². The van der Waals surface area contributed by atoms with Crippen LogP contribution >= 0.6 is 0 Å². The molecule has 1 unspecified atom stereocenters. The maximum atomic E-state index is 12.6. The van der Waals surface area contributed by atoms with Gasteiger partial charge in [-0.2, -0.15) is 5.10 Å². The van der Waals surface area contributed by atoms with Gasteiger partial charge < -0.3 is 20.0 Å². The molecule has 1 amide bonds. The molecule has 3 rings (SSSR count). The van der Waals surface area contributed by atoms with Gasteiger partial charge in [-0.3, -0.25) is 14.5 Å². The van der Waals surface area contributed by atoms with E-state index < -0.39 is 0 Å². The molecule has 2 saturated heterocycles. The van der Waals surface area contributed by atoms with Crippen molar-refractivity contribution in [2.45, 2.75) is 32.7 Å². The molecule has 1 N–H and O–H groups in total. The smallest absolute Gasteiger partial charge is 0.246 e. The Bertz CT molecular complexity index is 669. The van der Waals surface area contributed by atoms with Gasteiger partial charge in [0.05, 0.1) is 11.9 Å². The van der Waals surface area contributed by atoms with E-state index >= 15 is 0 Å². The Kier molecular flexibility index (Phi) is 6.36. The number of aliphatic imine (C=N–C) groups is 1. The normalized spacial score (nSPS) is 22.6. The molecule has 0 aliphatic carbocycles. The summed E-state index contributed by atoms with van der Waals surface area (Å²) in [4.78, 5) is 23.4. The number of amides is 1. The molecule has 3 heterocycles. The number of aryl methyl sites for hydroxylation is 1. The van der Waals surface area contributed by atoms with Crippen molar-refractivity contribution in [1.29, 1.82) is 0 Å². The second-order valence-corrected chi connectivity index (χ2v) is 7.86. The average molecular weight is 376 g/mol. The first-order chi connectivity index (χ1) is 13.0. The fourth-order valence-electron chi connectivity index (χ4n) is 3.98. The molecule has 150 valence electrons. The molecule has 1 aromatic heterocycles. The summed E-state index contributed by atoms with van der Waals surface area (Å²) in [5.74, 6) is 1.54. The van der Waals surface area contributed by atoms with Crippen LogP contribution in [0.25, 0.3) is 0 Å². The number of piperazine rings is 1. The number of aromatic nitrogens is 2. The zero-order chi connectivity index (χ0) is 19.4. The number of anilines is 1. The number of likely N-dealkylation sites (tertiary alicyclic amines) is 1. The third-order valence-corrected chi connectivity index (χ3v) is 5.56. The van der Waals surface area contributed by atoms with E-state index in [9.17, 15) is 4.79 Å². The molecule has 0 spiro atoms. The third-order valence-electron chi connectivity index (χ3n) is 5.56. The largest absolute Gasteiger partial charge is 0.356 e. The van der Waals surface area contributed by atoms with E-state index in [4.69, 9.17) is 0 Å². The summed E-state index contributed by atoms with van der Waals surface area (Å²) in [6, 6.07) is 0.602. The molecule has 1 aromatic rings. The summed E-state index contributed by atoms with van der Waals surface area (Å²) >= 11 is 0. The van der Waals surface area contributed by atoms with Crippen molar-refractivity contribution in [1.82, 2.24) is 24.9 Å². The predicted molar refractivity (Wildman–Crippen MR) is 108 cm³/mol. The molecule has 2 fully saturated rings. The molecule has 2 aliphatic rings. The Balaban J connectivity index is 1.52. The quantitative estimate of drug-likeness (QED) is 0.622. The van der Waals surface area contributed by atoms with E-state index in [0.29, 0.717) is 25.0 Å². The molecule has 8 heteroatoms. The number of rotatable bonds is 4. The topological polar surface area (TPSA) is 69.0 Å². The lowest BCUT2D eigenvalue weighted by Crippen LogP contribution is -2.56. The van der Waals surface area contributed by atoms with Crippen molar-refractivity contribution in [3.8, 4) is 0 Å². The van der Waals surface area contributed by atoms with Gasteiger partial charge in [-0.1, -0.05) is 0 Å². The molecular formula is C19H33N7O. The molecular weight excluding hydrogens is 342 g/mol. The van der Waals surface area contributed by atoms with Crippen molar-refractivity contribution < 1.29 is 4.79 Å². The summed E-state index contributed by atoms with van der Waals surface area (Å²) in [6.45, 7) is 9.54. The van der Waals surface area contributed by atoms with Crippen molar-refractivity contribution in [2.24, 2.45) is 18.0 Å². The lowest BCUT2D eigenvalue weighted by atomic mass is 9.97. The van der Waals surface area contributed by atoms with Gasteiger partial charge in [0.25, 0.3) is 0 Å². The van der Waals surface area contributed by atoms with Crippen LogP contribution in [0.15, 0.2) is 17.4 Å². The maximum Gasteiger partial charge on any atom is 0.246 e. The van der Waals surface area contributed by atoms with Gasteiger partial charge in [0, 0.05) is 52.5 Å². The van der Waals surface area contributed by atoms with Crippen molar-refractivity contribution in [3.05, 3.63) is 12.4 Å². The van der Waals surface area contributed by atoms with Crippen LogP contribution in [0.2, 0.25) is 0 Å². The van der Waals surface area contributed by atoms with Gasteiger partial charge in [0.15, 0.2) is 5.96 Å². The standard InChI is InChI=1S/C19H33N7O/c1-15(2)24-7-5-6-16(12-24)10-21-19(20-3)25-8-9-26(18(27)14-25)17-11-22-23(4)13-17/h11,13,15-16H,5-10,12,14H2,1-4H3,(H,20,21). The Morgan fingerprint density at radius 2 is 2.19 bits per heavy atom. The molecule has 0 aromatic carbocycles. The Morgan fingerprint density at radius 1 is 1.37 bits per heavy atom. The van der Waals surface area contributed by atoms with Gasteiger partial charge in [-0.05, 0) is 39.2 Å². The van der Waals surface area contributed by atoms with Crippen LogP contribution in [0, 0.1) is 5.92 Å².